The van der Waals surface area contributed by atoms with Crippen molar-refractivity contribution >= 4 is 33.2 Å². The Morgan fingerprint density at radius 1 is 1.36 bits per heavy atom. The first-order valence-electron chi connectivity index (χ1n) is 6.80. The molecule has 1 atom stereocenters. The lowest BCUT2D eigenvalue weighted by Crippen LogP contribution is -2.40. The maximum absolute atomic E-state index is 12.0. The molecule has 22 heavy (non-hydrogen) atoms. The molecule has 1 heterocycles. The number of sulfonamides is 1. The lowest BCUT2D eigenvalue weighted by molar-refractivity contribution is -0.139. The molecular formula is C13H20N2O5S2. The fraction of sp³-hybridized carbons (Fsp3) is 0.538. The van der Waals surface area contributed by atoms with Crippen LogP contribution >= 0.6 is 11.3 Å². The molecule has 0 saturated carbocycles. The predicted molar refractivity (Wildman–Crippen MR) is 84.7 cm³/mol. The van der Waals surface area contributed by atoms with E-state index in [1.807, 2.05) is 6.92 Å². The first kappa shape index (κ1) is 18.6. The van der Waals surface area contributed by atoms with Gasteiger partial charge in [-0.25, -0.2) is 17.9 Å². The van der Waals surface area contributed by atoms with Gasteiger partial charge in [0.25, 0.3) is 5.91 Å². The van der Waals surface area contributed by atoms with Gasteiger partial charge in [0.2, 0.25) is 10.0 Å². The van der Waals surface area contributed by atoms with Crippen LogP contribution in [-0.2, 0) is 21.2 Å². The van der Waals surface area contributed by atoms with Crippen molar-refractivity contribution in [3.05, 3.63) is 21.9 Å². The van der Waals surface area contributed by atoms with Gasteiger partial charge >= 0.3 is 5.97 Å². The van der Waals surface area contributed by atoms with E-state index >= 15 is 0 Å². The van der Waals surface area contributed by atoms with Gasteiger partial charge in [-0.2, -0.15) is 0 Å². The summed E-state index contributed by atoms with van der Waals surface area (Å²) in [6, 6.07) is 2.45. The van der Waals surface area contributed by atoms with Gasteiger partial charge in [0, 0.05) is 11.4 Å². The van der Waals surface area contributed by atoms with Gasteiger partial charge < -0.3 is 10.4 Å². The molecule has 124 valence electrons. The SMILES string of the molecule is CCCC(NC(=O)c1ccc(CCNS(C)(=O)=O)s1)C(=O)O. The number of hydrogen-bond donors (Lipinski definition) is 3. The zero-order valence-electron chi connectivity index (χ0n) is 12.5. The van der Waals surface area contributed by atoms with Crippen LogP contribution in [0.2, 0.25) is 0 Å². The van der Waals surface area contributed by atoms with Crippen LogP contribution in [0.25, 0.3) is 0 Å². The minimum absolute atomic E-state index is 0.258. The Balaban J connectivity index is 2.59. The Hall–Kier alpha value is -1.45. The van der Waals surface area contributed by atoms with Crippen LogP contribution < -0.4 is 10.0 Å². The van der Waals surface area contributed by atoms with Crippen LogP contribution in [0.5, 0.6) is 0 Å². The standard InChI is InChI=1S/C13H20N2O5S2/c1-3-4-10(13(17)18)15-12(16)11-6-5-9(21-11)7-8-14-22(2,19)20/h5-6,10,14H,3-4,7-8H2,1-2H3,(H,15,16)(H,17,18). The molecule has 0 aliphatic carbocycles. The van der Waals surface area contributed by atoms with Gasteiger partial charge in [-0.15, -0.1) is 11.3 Å². The minimum atomic E-state index is -3.23. The van der Waals surface area contributed by atoms with Crippen molar-refractivity contribution in [1.29, 1.82) is 0 Å². The second kappa shape index (κ2) is 8.25. The average Bonchev–Trinajstić information content (AvgIpc) is 2.85. The van der Waals surface area contributed by atoms with Crippen molar-refractivity contribution < 1.29 is 23.1 Å². The number of thiophene rings is 1. The summed E-state index contributed by atoms with van der Waals surface area (Å²) in [4.78, 5) is 24.3. The van der Waals surface area contributed by atoms with Gasteiger partial charge in [0.15, 0.2) is 0 Å². The van der Waals surface area contributed by atoms with Crippen LogP contribution in [0.3, 0.4) is 0 Å². The first-order chi connectivity index (χ1) is 10.2. The van der Waals surface area contributed by atoms with Crippen LogP contribution in [-0.4, -0.2) is 44.2 Å². The number of amides is 1. The quantitative estimate of drug-likeness (QED) is 0.612. The second-order valence-corrected chi connectivity index (χ2v) is 7.84. The molecule has 1 unspecified atom stereocenters. The number of nitrogens with one attached hydrogen (secondary N) is 2. The van der Waals surface area contributed by atoms with Crippen molar-refractivity contribution in [2.45, 2.75) is 32.2 Å². The van der Waals surface area contributed by atoms with Crippen molar-refractivity contribution in [3.63, 3.8) is 0 Å². The van der Waals surface area contributed by atoms with Crippen LogP contribution in [0, 0.1) is 0 Å². The molecule has 1 aromatic heterocycles. The molecule has 1 aromatic rings. The molecule has 0 aromatic carbocycles. The molecule has 7 nitrogen and oxygen atoms in total. The summed E-state index contributed by atoms with van der Waals surface area (Å²) in [5.41, 5.74) is 0. The third-order valence-corrected chi connectivity index (χ3v) is 4.67. The number of carbonyl (C=O) groups excluding carboxylic acids is 1. The molecular weight excluding hydrogens is 328 g/mol. The third kappa shape index (κ3) is 6.54. The van der Waals surface area contributed by atoms with E-state index in [1.165, 1.54) is 11.3 Å². The van der Waals surface area contributed by atoms with Crippen LogP contribution in [0.15, 0.2) is 12.1 Å². The van der Waals surface area contributed by atoms with Gasteiger partial charge in [0.1, 0.15) is 6.04 Å². The monoisotopic (exact) mass is 348 g/mol. The van der Waals surface area contributed by atoms with Crippen molar-refractivity contribution in [2.24, 2.45) is 0 Å². The Kier molecular flexibility index (Phi) is 6.98. The lowest BCUT2D eigenvalue weighted by Gasteiger charge is -2.12. The number of aliphatic carboxylic acids is 1. The van der Waals surface area contributed by atoms with Crippen LogP contribution in [0.1, 0.15) is 34.3 Å². The number of hydrogen-bond acceptors (Lipinski definition) is 5. The second-order valence-electron chi connectivity index (χ2n) is 4.84. The molecule has 3 N–H and O–H groups in total. The van der Waals surface area contributed by atoms with Crippen molar-refractivity contribution in [1.82, 2.24) is 10.0 Å². The van der Waals surface area contributed by atoms with E-state index in [0.29, 0.717) is 24.1 Å². The molecule has 0 radical (unpaired) electrons. The highest BCUT2D eigenvalue weighted by molar-refractivity contribution is 7.88. The minimum Gasteiger partial charge on any atom is -0.480 e. The van der Waals surface area contributed by atoms with E-state index in [0.717, 1.165) is 11.1 Å². The third-order valence-electron chi connectivity index (χ3n) is 2.80. The predicted octanol–water partition coefficient (Wildman–Crippen LogP) is 0.823. The Morgan fingerprint density at radius 3 is 2.59 bits per heavy atom. The average molecular weight is 348 g/mol. The van der Waals surface area contributed by atoms with Crippen molar-refractivity contribution in [2.75, 3.05) is 12.8 Å². The Labute approximate surface area is 133 Å². The zero-order chi connectivity index (χ0) is 16.8. The highest BCUT2D eigenvalue weighted by Gasteiger charge is 2.20. The maximum Gasteiger partial charge on any atom is 0.326 e. The first-order valence-corrected chi connectivity index (χ1v) is 9.50. The molecule has 9 heteroatoms. The van der Waals surface area contributed by atoms with E-state index in [2.05, 4.69) is 10.0 Å². The molecule has 0 aliphatic rings. The maximum atomic E-state index is 12.0. The smallest absolute Gasteiger partial charge is 0.326 e. The number of rotatable bonds is 9. The van der Waals surface area contributed by atoms with E-state index in [9.17, 15) is 18.0 Å². The number of carbonyl (C=O) groups is 2. The fourth-order valence-electron chi connectivity index (χ4n) is 1.77. The summed E-state index contributed by atoms with van der Waals surface area (Å²) >= 11 is 1.22. The largest absolute Gasteiger partial charge is 0.480 e. The van der Waals surface area contributed by atoms with E-state index in [1.54, 1.807) is 12.1 Å². The van der Waals surface area contributed by atoms with Gasteiger partial charge in [-0.1, -0.05) is 13.3 Å². The number of carboxylic acid groups (broad SMARTS) is 1. The summed E-state index contributed by atoms with van der Waals surface area (Å²) in [7, 11) is -3.23. The zero-order valence-corrected chi connectivity index (χ0v) is 14.1. The number of carboxylic acids is 1. The molecule has 0 aliphatic heterocycles. The molecule has 0 bridgehead atoms. The highest BCUT2D eigenvalue weighted by Crippen LogP contribution is 2.17. The highest BCUT2D eigenvalue weighted by atomic mass is 32.2. The fourth-order valence-corrected chi connectivity index (χ4v) is 3.15. The normalized spacial score (nSPS) is 12.8. The molecule has 1 amide bonds. The van der Waals surface area contributed by atoms with Gasteiger partial charge in [0.05, 0.1) is 11.1 Å². The van der Waals surface area contributed by atoms with Gasteiger partial charge in [-0.05, 0) is 25.0 Å². The van der Waals surface area contributed by atoms with Gasteiger partial charge in [-0.3, -0.25) is 4.79 Å². The topological polar surface area (TPSA) is 113 Å². The Bertz CT molecular complexity index is 624. The molecule has 1 rings (SSSR count). The lowest BCUT2D eigenvalue weighted by atomic mass is 10.1. The van der Waals surface area contributed by atoms with Crippen LogP contribution in [0.4, 0.5) is 0 Å². The summed E-state index contributed by atoms with van der Waals surface area (Å²) in [5, 5.41) is 11.5. The summed E-state index contributed by atoms with van der Waals surface area (Å²) < 4.78 is 24.3. The Morgan fingerprint density at radius 2 is 2.05 bits per heavy atom. The van der Waals surface area contributed by atoms with E-state index in [4.69, 9.17) is 5.11 Å². The summed E-state index contributed by atoms with van der Waals surface area (Å²) in [6.07, 6.45) is 2.59. The summed E-state index contributed by atoms with van der Waals surface area (Å²) in [5.74, 6) is -1.47. The molecule has 0 fully saturated rings. The van der Waals surface area contributed by atoms with E-state index in [-0.39, 0.29) is 6.54 Å². The van der Waals surface area contributed by atoms with Crippen molar-refractivity contribution in [3.8, 4) is 0 Å². The molecule has 0 saturated heterocycles. The molecule has 0 spiro atoms. The van der Waals surface area contributed by atoms with E-state index < -0.39 is 27.9 Å². The summed E-state index contributed by atoms with van der Waals surface area (Å²) in [6.45, 7) is 2.11.